The number of nitrogens with zero attached hydrogens (tertiary/aromatic N) is 2. The van der Waals surface area contributed by atoms with Crippen LogP contribution in [-0.2, 0) is 4.79 Å². The fourth-order valence-corrected chi connectivity index (χ4v) is 3.43. The molecule has 0 spiro atoms. The number of likely N-dealkylation sites (tertiary alicyclic amines) is 1. The Balaban J connectivity index is 1.51. The highest BCUT2D eigenvalue weighted by Crippen LogP contribution is 2.19. The van der Waals surface area contributed by atoms with Crippen molar-refractivity contribution in [3.05, 3.63) is 17.5 Å². The minimum absolute atomic E-state index is 0.0322. The summed E-state index contributed by atoms with van der Waals surface area (Å²) < 4.78 is 0. The average Bonchev–Trinajstić information content (AvgIpc) is 3.23. The van der Waals surface area contributed by atoms with Gasteiger partial charge < -0.3 is 15.5 Å². The van der Waals surface area contributed by atoms with Crippen molar-refractivity contribution in [2.24, 2.45) is 5.92 Å². The smallest absolute Gasteiger partial charge is 0.257 e. The quantitative estimate of drug-likeness (QED) is 0.751. The summed E-state index contributed by atoms with van der Waals surface area (Å²) in [5.41, 5.74) is 1.45. The molecular formula is C16H25N5O2. The van der Waals surface area contributed by atoms with E-state index in [2.05, 4.69) is 20.8 Å². The lowest BCUT2D eigenvalue weighted by atomic mass is 9.97. The van der Waals surface area contributed by atoms with Crippen molar-refractivity contribution >= 4 is 11.8 Å². The van der Waals surface area contributed by atoms with Gasteiger partial charge >= 0.3 is 0 Å². The van der Waals surface area contributed by atoms with Gasteiger partial charge in [0.15, 0.2) is 0 Å². The number of nitrogens with one attached hydrogen (secondary N) is 3. The summed E-state index contributed by atoms with van der Waals surface area (Å²) in [6.45, 7) is 4.90. The molecule has 23 heavy (non-hydrogen) atoms. The van der Waals surface area contributed by atoms with E-state index in [9.17, 15) is 9.59 Å². The van der Waals surface area contributed by atoms with Crippen LogP contribution in [0.4, 0.5) is 0 Å². The molecule has 1 aromatic rings. The van der Waals surface area contributed by atoms with Crippen LogP contribution in [0.3, 0.4) is 0 Å². The largest absolute Gasteiger partial charge is 0.354 e. The molecule has 1 aromatic heterocycles. The zero-order valence-electron chi connectivity index (χ0n) is 13.6. The fraction of sp³-hybridized carbons (Fsp3) is 0.688. The Hall–Kier alpha value is -1.89. The van der Waals surface area contributed by atoms with Crippen molar-refractivity contribution in [3.8, 4) is 0 Å². The second-order valence-electron chi connectivity index (χ2n) is 6.56. The molecule has 3 rings (SSSR count). The molecule has 2 aliphatic rings. The Morgan fingerprint density at radius 2 is 2.26 bits per heavy atom. The molecule has 0 radical (unpaired) electrons. The summed E-state index contributed by atoms with van der Waals surface area (Å²) in [4.78, 5) is 26.5. The van der Waals surface area contributed by atoms with Crippen molar-refractivity contribution in [1.82, 2.24) is 25.7 Å². The van der Waals surface area contributed by atoms with Crippen molar-refractivity contribution in [2.45, 2.75) is 38.6 Å². The normalized spacial score (nSPS) is 24.7. The third-order valence-electron chi connectivity index (χ3n) is 4.81. The van der Waals surface area contributed by atoms with Gasteiger partial charge in [0.25, 0.3) is 5.91 Å². The van der Waals surface area contributed by atoms with E-state index in [4.69, 9.17) is 0 Å². The molecule has 7 heteroatoms. The highest BCUT2D eigenvalue weighted by atomic mass is 16.2. The minimum atomic E-state index is -0.0371. The number of carbonyl (C=O) groups is 2. The zero-order valence-corrected chi connectivity index (χ0v) is 13.6. The van der Waals surface area contributed by atoms with E-state index >= 15 is 0 Å². The standard InChI is InChI=1S/C16H25N5O2/c1-11-13(9-19-20-11)16(23)21-7-3-4-12(10-21)8-18-15(22)14-5-2-6-17-14/h9,12,14,17H,2-8,10H2,1H3,(H,18,22)(H,19,20). The third-order valence-corrected chi connectivity index (χ3v) is 4.81. The molecule has 0 saturated carbocycles. The SMILES string of the molecule is Cc1[nH]ncc1C(=O)N1CCCC(CNC(=O)C2CCCN2)C1. The second kappa shape index (κ2) is 7.12. The van der Waals surface area contributed by atoms with Crippen LogP contribution in [0.5, 0.6) is 0 Å². The number of amides is 2. The molecule has 2 fully saturated rings. The van der Waals surface area contributed by atoms with Crippen molar-refractivity contribution in [3.63, 3.8) is 0 Å². The molecule has 2 unspecified atom stereocenters. The maximum atomic E-state index is 12.5. The number of piperidine rings is 1. The first-order valence-electron chi connectivity index (χ1n) is 8.45. The van der Waals surface area contributed by atoms with Gasteiger partial charge in [-0.2, -0.15) is 5.10 Å². The van der Waals surface area contributed by atoms with Crippen LogP contribution < -0.4 is 10.6 Å². The molecule has 126 valence electrons. The van der Waals surface area contributed by atoms with Crippen molar-refractivity contribution < 1.29 is 9.59 Å². The van der Waals surface area contributed by atoms with Gasteiger partial charge in [-0.25, -0.2) is 0 Å². The molecule has 2 atom stereocenters. The Kier molecular flexibility index (Phi) is 4.95. The highest BCUT2D eigenvalue weighted by Gasteiger charge is 2.27. The molecule has 2 aliphatic heterocycles. The van der Waals surface area contributed by atoms with Gasteiger partial charge in [0.05, 0.1) is 17.8 Å². The predicted octanol–water partition coefficient (Wildman–Crippen LogP) is 0.439. The van der Waals surface area contributed by atoms with E-state index in [0.29, 0.717) is 24.6 Å². The number of carbonyl (C=O) groups excluding carboxylic acids is 2. The van der Waals surface area contributed by atoms with Crippen LogP contribution in [0, 0.1) is 12.8 Å². The summed E-state index contributed by atoms with van der Waals surface area (Å²) in [6, 6.07) is -0.0371. The second-order valence-corrected chi connectivity index (χ2v) is 6.56. The number of aromatic nitrogens is 2. The van der Waals surface area contributed by atoms with Crippen LogP contribution in [0.2, 0.25) is 0 Å². The third kappa shape index (κ3) is 3.72. The average molecular weight is 319 g/mol. The predicted molar refractivity (Wildman–Crippen MR) is 86.0 cm³/mol. The molecule has 2 amide bonds. The lowest BCUT2D eigenvalue weighted by Gasteiger charge is -2.33. The number of aromatic amines is 1. The zero-order chi connectivity index (χ0) is 16.2. The van der Waals surface area contributed by atoms with Crippen molar-refractivity contribution in [2.75, 3.05) is 26.2 Å². The number of aryl methyl sites for hydroxylation is 1. The van der Waals surface area contributed by atoms with E-state index in [1.807, 2.05) is 11.8 Å². The number of H-pyrrole nitrogens is 1. The summed E-state index contributed by atoms with van der Waals surface area (Å²) in [7, 11) is 0. The van der Waals surface area contributed by atoms with Crippen LogP contribution in [-0.4, -0.2) is 59.1 Å². The van der Waals surface area contributed by atoms with Crippen LogP contribution in [0.1, 0.15) is 41.7 Å². The molecule has 0 bridgehead atoms. The number of hydrogen-bond donors (Lipinski definition) is 3. The Morgan fingerprint density at radius 1 is 1.39 bits per heavy atom. The van der Waals surface area contributed by atoms with Gasteiger partial charge in [0.1, 0.15) is 0 Å². The lowest BCUT2D eigenvalue weighted by Crippen LogP contribution is -2.46. The van der Waals surface area contributed by atoms with Gasteiger partial charge in [0.2, 0.25) is 5.91 Å². The number of hydrogen-bond acceptors (Lipinski definition) is 4. The lowest BCUT2D eigenvalue weighted by molar-refractivity contribution is -0.123. The van der Waals surface area contributed by atoms with Crippen LogP contribution in [0.15, 0.2) is 6.20 Å². The van der Waals surface area contributed by atoms with E-state index in [1.165, 1.54) is 0 Å². The van der Waals surface area contributed by atoms with E-state index in [0.717, 1.165) is 44.5 Å². The maximum absolute atomic E-state index is 12.5. The van der Waals surface area contributed by atoms with Gasteiger partial charge in [0, 0.05) is 25.3 Å². The maximum Gasteiger partial charge on any atom is 0.257 e. The Morgan fingerprint density at radius 3 is 2.96 bits per heavy atom. The summed E-state index contributed by atoms with van der Waals surface area (Å²) in [5, 5.41) is 13.0. The van der Waals surface area contributed by atoms with Crippen LogP contribution >= 0.6 is 0 Å². The first kappa shape index (κ1) is 16.0. The summed E-state index contributed by atoms with van der Waals surface area (Å²) in [5.74, 6) is 0.451. The Labute approximate surface area is 136 Å². The molecule has 0 aromatic carbocycles. The van der Waals surface area contributed by atoms with Gasteiger partial charge in [-0.05, 0) is 45.1 Å². The first-order chi connectivity index (χ1) is 11.1. The summed E-state index contributed by atoms with van der Waals surface area (Å²) in [6.07, 6.45) is 5.60. The molecule has 3 N–H and O–H groups in total. The van der Waals surface area contributed by atoms with Crippen LogP contribution in [0.25, 0.3) is 0 Å². The number of rotatable bonds is 4. The van der Waals surface area contributed by atoms with E-state index in [1.54, 1.807) is 6.20 Å². The molecule has 7 nitrogen and oxygen atoms in total. The van der Waals surface area contributed by atoms with Gasteiger partial charge in [-0.15, -0.1) is 0 Å². The summed E-state index contributed by atoms with van der Waals surface area (Å²) >= 11 is 0. The Bertz CT molecular complexity index is 565. The molecule has 2 saturated heterocycles. The van der Waals surface area contributed by atoms with Gasteiger partial charge in [-0.1, -0.05) is 0 Å². The first-order valence-corrected chi connectivity index (χ1v) is 8.45. The topological polar surface area (TPSA) is 90.1 Å². The molecule has 0 aliphatic carbocycles. The minimum Gasteiger partial charge on any atom is -0.354 e. The van der Waals surface area contributed by atoms with E-state index < -0.39 is 0 Å². The van der Waals surface area contributed by atoms with Gasteiger partial charge in [-0.3, -0.25) is 14.7 Å². The molecular weight excluding hydrogens is 294 g/mol. The molecule has 3 heterocycles. The fourth-order valence-electron chi connectivity index (χ4n) is 3.43. The van der Waals surface area contributed by atoms with E-state index in [-0.39, 0.29) is 17.9 Å². The van der Waals surface area contributed by atoms with Crippen molar-refractivity contribution in [1.29, 1.82) is 0 Å². The monoisotopic (exact) mass is 319 g/mol. The highest BCUT2D eigenvalue weighted by molar-refractivity contribution is 5.95.